The van der Waals surface area contributed by atoms with E-state index >= 15 is 0 Å². The number of aromatic nitrogens is 2. The third kappa shape index (κ3) is 5.33. The number of pyridine rings is 2. The third-order valence-corrected chi connectivity index (χ3v) is 6.31. The van der Waals surface area contributed by atoms with Crippen LogP contribution in [0.5, 0.6) is 5.88 Å². The van der Waals surface area contributed by atoms with Crippen LogP contribution in [0.1, 0.15) is 34.7 Å². The number of aliphatic hydroxyl groups excluding tert-OH is 1. The molecule has 0 saturated carbocycles. The van der Waals surface area contributed by atoms with Gasteiger partial charge in [0.2, 0.25) is 5.88 Å². The quantitative estimate of drug-likeness (QED) is 0.590. The van der Waals surface area contributed by atoms with Gasteiger partial charge in [-0.3, -0.25) is 14.6 Å². The Labute approximate surface area is 205 Å². The van der Waals surface area contributed by atoms with Crippen LogP contribution in [0.15, 0.2) is 67.0 Å². The molecule has 1 N–H and O–H groups in total. The monoisotopic (exact) mass is 474 g/mol. The van der Waals surface area contributed by atoms with Gasteiger partial charge in [-0.25, -0.2) is 4.98 Å². The first-order valence-electron chi connectivity index (χ1n) is 11.7. The summed E-state index contributed by atoms with van der Waals surface area (Å²) in [4.78, 5) is 38.4. The van der Waals surface area contributed by atoms with Crippen molar-refractivity contribution < 1.29 is 19.4 Å². The van der Waals surface area contributed by atoms with Crippen molar-refractivity contribution in [3.63, 3.8) is 0 Å². The molecule has 8 nitrogen and oxygen atoms in total. The lowest BCUT2D eigenvalue weighted by molar-refractivity contribution is 0.0312. The van der Waals surface area contributed by atoms with Crippen molar-refractivity contribution in [2.45, 2.75) is 26.0 Å². The average Bonchev–Trinajstić information content (AvgIpc) is 2.90. The van der Waals surface area contributed by atoms with Gasteiger partial charge in [0.05, 0.1) is 19.2 Å². The number of nitrogens with zero attached hydrogens (tertiary/aromatic N) is 4. The second-order valence-corrected chi connectivity index (χ2v) is 8.97. The molecule has 2 amide bonds. The van der Waals surface area contributed by atoms with Crippen LogP contribution in [0, 0.1) is 5.92 Å². The Kier molecular flexibility index (Phi) is 7.41. The smallest absolute Gasteiger partial charge is 0.272 e. The highest BCUT2D eigenvalue weighted by molar-refractivity contribution is 5.98. The third-order valence-electron chi connectivity index (χ3n) is 6.31. The minimum absolute atomic E-state index is 0.129. The Bertz CT molecular complexity index is 1170. The van der Waals surface area contributed by atoms with Gasteiger partial charge in [-0.15, -0.1) is 0 Å². The van der Waals surface area contributed by atoms with E-state index in [2.05, 4.69) is 9.97 Å². The molecule has 3 heterocycles. The zero-order valence-corrected chi connectivity index (χ0v) is 20.2. The molecule has 1 aliphatic rings. The Morgan fingerprint density at radius 2 is 1.91 bits per heavy atom. The lowest BCUT2D eigenvalue weighted by Gasteiger charge is -2.37. The van der Waals surface area contributed by atoms with Crippen LogP contribution >= 0.6 is 0 Å². The number of hydrogen-bond acceptors (Lipinski definition) is 6. The number of amides is 2. The number of fused-ring (bicyclic) bond motifs is 1. The summed E-state index contributed by atoms with van der Waals surface area (Å²) in [5, 5.41) is 9.84. The zero-order chi connectivity index (χ0) is 24.9. The maximum Gasteiger partial charge on any atom is 0.272 e. The molecule has 35 heavy (non-hydrogen) atoms. The highest BCUT2D eigenvalue weighted by Gasteiger charge is 2.35. The largest absolute Gasteiger partial charge is 0.472 e. The van der Waals surface area contributed by atoms with Crippen molar-refractivity contribution in [2.24, 2.45) is 5.92 Å². The number of carbonyl (C=O) groups is 2. The molecule has 182 valence electrons. The van der Waals surface area contributed by atoms with E-state index in [1.807, 2.05) is 44.2 Å². The molecule has 3 atom stereocenters. The lowest BCUT2D eigenvalue weighted by Crippen LogP contribution is -2.50. The number of aliphatic hydroxyl groups is 1. The predicted octanol–water partition coefficient (Wildman–Crippen LogP) is 3.14. The fourth-order valence-electron chi connectivity index (χ4n) is 4.15. The van der Waals surface area contributed by atoms with Crippen LogP contribution in [-0.2, 0) is 0 Å². The number of carbonyl (C=O) groups excluding carboxylic acids is 2. The molecule has 0 fully saturated rings. The van der Waals surface area contributed by atoms with Crippen molar-refractivity contribution in [3.8, 4) is 17.0 Å². The van der Waals surface area contributed by atoms with Gasteiger partial charge in [-0.1, -0.05) is 43.3 Å². The van der Waals surface area contributed by atoms with Crippen LogP contribution in [-0.4, -0.2) is 75.6 Å². The Morgan fingerprint density at radius 1 is 1.17 bits per heavy atom. The molecule has 2 aromatic heterocycles. The van der Waals surface area contributed by atoms with E-state index in [9.17, 15) is 14.7 Å². The highest BCUT2D eigenvalue weighted by atomic mass is 16.5. The summed E-state index contributed by atoms with van der Waals surface area (Å²) in [6.07, 6.45) is 2.84. The van der Waals surface area contributed by atoms with Gasteiger partial charge >= 0.3 is 0 Å². The van der Waals surface area contributed by atoms with E-state index in [1.54, 1.807) is 53.5 Å². The van der Waals surface area contributed by atoms with E-state index in [1.165, 1.54) is 0 Å². The summed E-state index contributed by atoms with van der Waals surface area (Å²) in [5.41, 5.74) is 2.42. The van der Waals surface area contributed by atoms with Crippen molar-refractivity contribution in [1.82, 2.24) is 19.8 Å². The van der Waals surface area contributed by atoms with Crippen molar-refractivity contribution >= 4 is 11.8 Å². The molecule has 0 saturated heterocycles. The standard InChI is InChI=1S/C27H30N4O4/c1-18-15-31(19(2)17-32)26(33)22-13-21(20-9-5-4-6-10-20)14-29-25(22)35-24(18)16-30(3)27(34)23-11-7-8-12-28-23/h4-14,18-19,24,32H,15-17H2,1-3H3/t18-,19-,24+/m0/s1. The van der Waals surface area contributed by atoms with Crippen LogP contribution in [0.4, 0.5) is 0 Å². The summed E-state index contributed by atoms with van der Waals surface area (Å²) >= 11 is 0. The molecule has 1 aromatic carbocycles. The molecule has 0 aliphatic carbocycles. The summed E-state index contributed by atoms with van der Waals surface area (Å²) in [5.74, 6) is -0.362. The zero-order valence-electron chi connectivity index (χ0n) is 20.2. The van der Waals surface area contributed by atoms with Crippen LogP contribution < -0.4 is 4.74 Å². The molecule has 0 bridgehead atoms. The molecular formula is C27H30N4O4. The van der Waals surface area contributed by atoms with Gasteiger partial charge < -0.3 is 19.6 Å². The second kappa shape index (κ2) is 10.7. The molecule has 0 unspecified atom stereocenters. The lowest BCUT2D eigenvalue weighted by atomic mass is 9.99. The van der Waals surface area contributed by atoms with Crippen molar-refractivity contribution in [1.29, 1.82) is 0 Å². The molecular weight excluding hydrogens is 444 g/mol. The number of hydrogen-bond donors (Lipinski definition) is 1. The van der Waals surface area contributed by atoms with E-state index in [4.69, 9.17) is 4.74 Å². The van der Waals surface area contributed by atoms with E-state index in [-0.39, 0.29) is 42.8 Å². The van der Waals surface area contributed by atoms with Gasteiger partial charge in [-0.05, 0) is 30.7 Å². The first-order chi connectivity index (χ1) is 16.9. The normalized spacial score (nSPS) is 18.6. The highest BCUT2D eigenvalue weighted by Crippen LogP contribution is 2.30. The average molecular weight is 475 g/mol. The topological polar surface area (TPSA) is 95.9 Å². The van der Waals surface area contributed by atoms with Crippen LogP contribution in [0.25, 0.3) is 11.1 Å². The van der Waals surface area contributed by atoms with Gasteiger partial charge in [-0.2, -0.15) is 0 Å². The number of likely N-dealkylation sites (N-methyl/N-ethyl adjacent to an activating group) is 1. The van der Waals surface area contributed by atoms with Gasteiger partial charge in [0.1, 0.15) is 17.4 Å². The first kappa shape index (κ1) is 24.3. The predicted molar refractivity (Wildman–Crippen MR) is 132 cm³/mol. The maximum atomic E-state index is 13.6. The minimum atomic E-state index is -0.428. The molecule has 0 radical (unpaired) electrons. The summed E-state index contributed by atoms with van der Waals surface area (Å²) in [6, 6.07) is 16.3. The molecule has 3 aromatic rings. The molecule has 0 spiro atoms. The fourth-order valence-corrected chi connectivity index (χ4v) is 4.15. The Morgan fingerprint density at radius 3 is 2.60 bits per heavy atom. The number of ether oxygens (including phenoxy) is 1. The van der Waals surface area contributed by atoms with Gasteiger partial charge in [0.25, 0.3) is 11.8 Å². The van der Waals surface area contributed by atoms with E-state index in [0.29, 0.717) is 17.8 Å². The Balaban J connectivity index is 1.68. The van der Waals surface area contributed by atoms with Crippen molar-refractivity contribution in [2.75, 3.05) is 26.7 Å². The Hall–Kier alpha value is -3.78. The van der Waals surface area contributed by atoms with Gasteiger partial charge in [0, 0.05) is 37.5 Å². The van der Waals surface area contributed by atoms with Crippen molar-refractivity contribution in [3.05, 3.63) is 78.2 Å². The van der Waals surface area contributed by atoms with E-state index in [0.717, 1.165) is 11.1 Å². The second-order valence-electron chi connectivity index (χ2n) is 8.97. The van der Waals surface area contributed by atoms with E-state index < -0.39 is 6.10 Å². The fraction of sp³-hybridized carbons (Fsp3) is 0.333. The molecule has 8 heteroatoms. The number of benzene rings is 1. The van der Waals surface area contributed by atoms with Crippen LogP contribution in [0.2, 0.25) is 0 Å². The first-order valence-corrected chi connectivity index (χ1v) is 11.7. The van der Waals surface area contributed by atoms with Crippen LogP contribution in [0.3, 0.4) is 0 Å². The maximum absolute atomic E-state index is 13.6. The molecule has 1 aliphatic heterocycles. The van der Waals surface area contributed by atoms with Gasteiger partial charge in [0.15, 0.2) is 0 Å². The minimum Gasteiger partial charge on any atom is -0.472 e. The summed E-state index contributed by atoms with van der Waals surface area (Å²) in [6.45, 7) is 4.27. The molecule has 4 rings (SSSR count). The summed E-state index contributed by atoms with van der Waals surface area (Å²) in [7, 11) is 1.71. The SMILES string of the molecule is C[C@H]1CN([C@@H](C)CO)C(=O)c2cc(-c3ccccc3)cnc2O[C@@H]1CN(C)C(=O)c1ccccn1. The number of rotatable bonds is 6. The summed E-state index contributed by atoms with van der Waals surface area (Å²) < 4.78 is 6.29.